The SMILES string of the molecule is Cc1cccnc1S(=O)(=O)N1CCN(c2cnn(-c3ccccc3)c(=O)c2OC2CCC(C)C2)CC1. The predicted octanol–water partition coefficient (Wildman–Crippen LogP) is 3.01. The molecule has 10 heteroatoms. The van der Waals surface area contributed by atoms with Crippen LogP contribution in [-0.2, 0) is 10.0 Å². The molecule has 0 radical (unpaired) electrons. The van der Waals surface area contributed by atoms with E-state index in [-0.39, 0.29) is 35.5 Å². The lowest BCUT2D eigenvalue weighted by atomic mass is 10.1. The highest BCUT2D eigenvalue weighted by atomic mass is 32.2. The van der Waals surface area contributed by atoms with Gasteiger partial charge in [-0.25, -0.2) is 13.4 Å². The van der Waals surface area contributed by atoms with Gasteiger partial charge in [-0.3, -0.25) is 4.79 Å². The zero-order chi connectivity index (χ0) is 25.3. The summed E-state index contributed by atoms with van der Waals surface area (Å²) in [6, 6.07) is 12.7. The molecular formula is C26H31N5O4S. The molecule has 2 aliphatic rings. The van der Waals surface area contributed by atoms with Gasteiger partial charge >= 0.3 is 5.56 Å². The quantitative estimate of drug-likeness (QED) is 0.504. The number of pyridine rings is 1. The maximum absolute atomic E-state index is 13.6. The number of rotatable bonds is 6. The Bertz CT molecular complexity index is 1380. The second kappa shape index (κ2) is 10.0. The molecule has 2 unspecified atom stereocenters. The predicted molar refractivity (Wildman–Crippen MR) is 137 cm³/mol. The molecule has 9 nitrogen and oxygen atoms in total. The van der Waals surface area contributed by atoms with Crippen molar-refractivity contribution in [2.75, 3.05) is 31.1 Å². The summed E-state index contributed by atoms with van der Waals surface area (Å²) < 4.78 is 35.5. The molecule has 2 aromatic heterocycles. The van der Waals surface area contributed by atoms with E-state index in [0.717, 1.165) is 19.3 Å². The topological polar surface area (TPSA) is 97.6 Å². The van der Waals surface area contributed by atoms with Crippen molar-refractivity contribution in [1.29, 1.82) is 0 Å². The first-order valence-corrected chi connectivity index (χ1v) is 13.8. The fourth-order valence-corrected chi connectivity index (χ4v) is 6.54. The third-order valence-corrected chi connectivity index (χ3v) is 8.93. The number of sulfonamides is 1. The normalized spacial score (nSPS) is 21.0. The molecule has 3 heterocycles. The molecular weight excluding hydrogens is 478 g/mol. The lowest BCUT2D eigenvalue weighted by Crippen LogP contribution is -2.49. The number of ether oxygens (including phenoxy) is 1. The summed E-state index contributed by atoms with van der Waals surface area (Å²) >= 11 is 0. The van der Waals surface area contributed by atoms with E-state index in [4.69, 9.17) is 4.74 Å². The molecule has 0 amide bonds. The summed E-state index contributed by atoms with van der Waals surface area (Å²) in [7, 11) is -3.70. The van der Waals surface area contributed by atoms with Gasteiger partial charge < -0.3 is 9.64 Å². The van der Waals surface area contributed by atoms with E-state index in [2.05, 4.69) is 17.0 Å². The van der Waals surface area contributed by atoms with Gasteiger partial charge in [-0.2, -0.15) is 14.1 Å². The van der Waals surface area contributed by atoms with Crippen LogP contribution in [-0.4, -0.2) is 59.8 Å². The van der Waals surface area contributed by atoms with Crippen LogP contribution in [0.15, 0.2) is 64.7 Å². The molecule has 1 aliphatic heterocycles. The largest absolute Gasteiger partial charge is 0.483 e. The minimum atomic E-state index is -3.70. The van der Waals surface area contributed by atoms with E-state index < -0.39 is 10.0 Å². The molecule has 2 fully saturated rings. The molecule has 2 atom stereocenters. The van der Waals surface area contributed by atoms with E-state index in [9.17, 15) is 13.2 Å². The van der Waals surface area contributed by atoms with Gasteiger partial charge in [0, 0.05) is 32.4 Å². The smallest absolute Gasteiger partial charge is 0.316 e. The molecule has 36 heavy (non-hydrogen) atoms. The van der Waals surface area contributed by atoms with E-state index in [1.807, 2.05) is 35.2 Å². The van der Waals surface area contributed by atoms with Gasteiger partial charge in [-0.15, -0.1) is 0 Å². The summed E-state index contributed by atoms with van der Waals surface area (Å²) in [5, 5.41) is 4.53. The Balaban J connectivity index is 1.42. The van der Waals surface area contributed by atoms with Crippen molar-refractivity contribution in [3.63, 3.8) is 0 Å². The first-order chi connectivity index (χ1) is 17.3. The van der Waals surface area contributed by atoms with Crippen LogP contribution in [0.5, 0.6) is 5.75 Å². The fourth-order valence-electron chi connectivity index (χ4n) is 4.98. The zero-order valence-electron chi connectivity index (χ0n) is 20.6. The Morgan fingerprint density at radius 2 is 1.75 bits per heavy atom. The number of aromatic nitrogens is 3. The third kappa shape index (κ3) is 4.75. The van der Waals surface area contributed by atoms with Crippen LogP contribution in [0, 0.1) is 12.8 Å². The number of hydrogen-bond acceptors (Lipinski definition) is 7. The van der Waals surface area contributed by atoms with E-state index in [1.54, 1.807) is 25.3 Å². The highest BCUT2D eigenvalue weighted by Crippen LogP contribution is 2.32. The second-order valence-corrected chi connectivity index (χ2v) is 11.4. The monoisotopic (exact) mass is 509 g/mol. The minimum Gasteiger partial charge on any atom is -0.483 e. The van der Waals surface area contributed by atoms with Crippen molar-refractivity contribution in [2.45, 2.75) is 44.2 Å². The van der Waals surface area contributed by atoms with Crippen molar-refractivity contribution in [3.8, 4) is 11.4 Å². The number of piperazine rings is 1. The summed E-state index contributed by atoms with van der Waals surface area (Å²) in [5.41, 5.74) is 1.59. The Morgan fingerprint density at radius 1 is 1.00 bits per heavy atom. The molecule has 0 N–H and O–H groups in total. The standard InChI is InChI=1S/C26H31N5O4S/c1-19-10-11-22(17-19)35-24-23(18-28-31(26(24)32)21-8-4-3-5-9-21)29-13-15-30(16-14-29)36(33,34)25-20(2)7-6-12-27-25/h3-9,12,18-19,22H,10-11,13-17H2,1-2H3. The number of anilines is 1. The van der Waals surface area contributed by atoms with Gasteiger partial charge in [0.15, 0.2) is 5.03 Å². The van der Waals surface area contributed by atoms with Crippen LogP contribution in [0.2, 0.25) is 0 Å². The van der Waals surface area contributed by atoms with Crippen molar-refractivity contribution >= 4 is 15.7 Å². The summed E-state index contributed by atoms with van der Waals surface area (Å²) in [4.78, 5) is 19.7. The average molecular weight is 510 g/mol. The number of aryl methyl sites for hydroxylation is 1. The van der Waals surface area contributed by atoms with Crippen LogP contribution in [0.4, 0.5) is 5.69 Å². The van der Waals surface area contributed by atoms with Crippen molar-refractivity contribution < 1.29 is 13.2 Å². The zero-order valence-corrected chi connectivity index (χ0v) is 21.4. The molecule has 190 valence electrons. The summed E-state index contributed by atoms with van der Waals surface area (Å²) in [6.45, 7) is 5.33. The van der Waals surface area contributed by atoms with Crippen LogP contribution < -0.4 is 15.2 Å². The van der Waals surface area contributed by atoms with Crippen LogP contribution in [0.1, 0.15) is 31.7 Å². The summed E-state index contributed by atoms with van der Waals surface area (Å²) in [6.07, 6.45) is 6.02. The minimum absolute atomic E-state index is 0.0214. The van der Waals surface area contributed by atoms with Crippen LogP contribution in [0.3, 0.4) is 0 Å². The molecule has 0 spiro atoms. The highest BCUT2D eigenvalue weighted by molar-refractivity contribution is 7.89. The van der Waals surface area contributed by atoms with E-state index >= 15 is 0 Å². The number of hydrogen-bond donors (Lipinski definition) is 0. The van der Waals surface area contributed by atoms with Crippen LogP contribution >= 0.6 is 0 Å². The Kier molecular flexibility index (Phi) is 6.81. The van der Waals surface area contributed by atoms with Gasteiger partial charge in [0.05, 0.1) is 18.0 Å². The highest BCUT2D eigenvalue weighted by Gasteiger charge is 2.33. The van der Waals surface area contributed by atoms with Crippen molar-refractivity contribution in [2.24, 2.45) is 5.92 Å². The van der Waals surface area contributed by atoms with Crippen molar-refractivity contribution in [3.05, 3.63) is 70.8 Å². The van der Waals surface area contributed by atoms with Gasteiger partial charge in [-0.05, 0) is 55.9 Å². The Hall–Kier alpha value is -3.24. The Labute approximate surface area is 211 Å². The number of para-hydroxylation sites is 1. The molecule has 1 aliphatic carbocycles. The van der Waals surface area contributed by atoms with Gasteiger partial charge in [0.2, 0.25) is 5.75 Å². The average Bonchev–Trinajstić information content (AvgIpc) is 3.30. The molecule has 0 bridgehead atoms. The molecule has 3 aromatic rings. The second-order valence-electron chi connectivity index (χ2n) is 9.59. The number of nitrogens with zero attached hydrogens (tertiary/aromatic N) is 5. The molecule has 1 saturated heterocycles. The maximum Gasteiger partial charge on any atom is 0.316 e. The first kappa shape index (κ1) is 24.5. The molecule has 5 rings (SSSR count). The molecule has 1 saturated carbocycles. The lowest BCUT2D eigenvalue weighted by Gasteiger charge is -2.35. The maximum atomic E-state index is 13.6. The summed E-state index contributed by atoms with van der Waals surface area (Å²) in [5.74, 6) is 0.838. The van der Waals surface area contributed by atoms with Crippen molar-refractivity contribution in [1.82, 2.24) is 19.1 Å². The van der Waals surface area contributed by atoms with Gasteiger partial charge in [-0.1, -0.05) is 31.2 Å². The molecule has 1 aromatic carbocycles. The fraction of sp³-hybridized carbons (Fsp3) is 0.423. The van der Waals surface area contributed by atoms with Crippen LogP contribution in [0.25, 0.3) is 5.69 Å². The lowest BCUT2D eigenvalue weighted by molar-refractivity contribution is 0.201. The van der Waals surface area contributed by atoms with Gasteiger partial charge in [0.1, 0.15) is 5.69 Å². The number of benzene rings is 1. The van der Waals surface area contributed by atoms with E-state index in [1.165, 1.54) is 15.2 Å². The Morgan fingerprint density at radius 3 is 2.42 bits per heavy atom. The van der Waals surface area contributed by atoms with Gasteiger partial charge in [0.25, 0.3) is 10.0 Å². The van der Waals surface area contributed by atoms with E-state index in [0.29, 0.717) is 35.9 Å². The third-order valence-electron chi connectivity index (χ3n) is 6.97. The first-order valence-electron chi connectivity index (χ1n) is 12.4.